The molecule has 2 aromatic carbocycles. The Morgan fingerprint density at radius 2 is 1.85 bits per heavy atom. The van der Waals surface area contributed by atoms with Crippen LogP contribution in [0, 0.1) is 5.82 Å². The molecule has 0 saturated carbocycles. The Hall–Kier alpha value is -3.89. The summed E-state index contributed by atoms with van der Waals surface area (Å²) in [7, 11) is 0. The number of carboxylic acid groups (broad SMARTS) is 1. The van der Waals surface area contributed by atoms with E-state index < -0.39 is 23.2 Å². The van der Waals surface area contributed by atoms with Crippen LogP contribution in [0.4, 0.5) is 10.1 Å². The first-order valence-electron chi connectivity index (χ1n) is 12.6. The Morgan fingerprint density at radius 1 is 1.13 bits per heavy atom. The van der Waals surface area contributed by atoms with Crippen LogP contribution in [0.25, 0.3) is 16.5 Å². The zero-order valence-electron chi connectivity index (χ0n) is 21.3. The Kier molecular flexibility index (Phi) is 7.58. The summed E-state index contributed by atoms with van der Waals surface area (Å²) < 4.78 is 27.9. The second-order valence-electron chi connectivity index (χ2n) is 9.34. The average molecular weight is 556 g/mol. The molecule has 0 unspecified atom stereocenters. The molecule has 39 heavy (non-hydrogen) atoms. The van der Waals surface area contributed by atoms with Crippen LogP contribution in [0.15, 0.2) is 53.1 Å². The maximum absolute atomic E-state index is 15.1. The molecule has 2 aliphatic heterocycles. The number of benzene rings is 2. The number of fused-ring (bicyclic) bond motifs is 1. The first-order chi connectivity index (χ1) is 18.8. The number of pyridine rings is 1. The van der Waals surface area contributed by atoms with Gasteiger partial charge in [0.15, 0.2) is 0 Å². The van der Waals surface area contributed by atoms with E-state index in [1.54, 1.807) is 34.9 Å². The van der Waals surface area contributed by atoms with Gasteiger partial charge in [0.25, 0.3) is 0 Å². The van der Waals surface area contributed by atoms with E-state index in [0.717, 1.165) is 6.07 Å². The average Bonchev–Trinajstić information content (AvgIpc) is 3.29. The Bertz CT molecular complexity index is 1530. The highest BCUT2D eigenvalue weighted by molar-refractivity contribution is 6.30. The molecule has 204 valence electrons. The number of rotatable bonds is 8. The van der Waals surface area contributed by atoms with Crippen molar-refractivity contribution < 1.29 is 28.6 Å². The van der Waals surface area contributed by atoms with Crippen molar-refractivity contribution in [1.82, 2.24) is 9.47 Å². The molecule has 3 heterocycles. The minimum atomic E-state index is -1.33. The second kappa shape index (κ2) is 11.1. The maximum atomic E-state index is 15.1. The van der Waals surface area contributed by atoms with Crippen molar-refractivity contribution in [3.05, 3.63) is 80.5 Å². The standard InChI is InChI=1S/C28H27ClFN3O6/c1-2-32-15-20(27(35)36)26(34)19-13-21(30)23(14-22(19)32)33-9-7-31(8-10-33)11-12-38-24-16-39-28(37)25(24)17-3-5-18(29)6-4-17/h3-6,13-15H,2,7-12,16H2,1H3,(H,35,36). The number of halogens is 2. The molecule has 0 atom stereocenters. The molecule has 1 fully saturated rings. The van der Waals surface area contributed by atoms with E-state index in [9.17, 15) is 19.5 Å². The third-order valence-electron chi connectivity index (χ3n) is 7.07. The van der Waals surface area contributed by atoms with E-state index in [0.29, 0.717) is 79.0 Å². The van der Waals surface area contributed by atoms with Crippen LogP contribution in [0.1, 0.15) is 22.8 Å². The normalized spacial score (nSPS) is 16.2. The number of aromatic nitrogens is 1. The fourth-order valence-corrected chi connectivity index (χ4v) is 5.09. The van der Waals surface area contributed by atoms with Gasteiger partial charge in [-0.1, -0.05) is 23.7 Å². The Labute approximate surface area is 228 Å². The number of cyclic esters (lactones) is 1. The molecular formula is C28H27ClFN3O6. The van der Waals surface area contributed by atoms with Crippen molar-refractivity contribution in [3.8, 4) is 0 Å². The summed E-state index contributed by atoms with van der Waals surface area (Å²) in [5.74, 6) is -1.83. The molecule has 3 aromatic rings. The van der Waals surface area contributed by atoms with Gasteiger partial charge in [0.05, 0.1) is 11.2 Å². The van der Waals surface area contributed by atoms with E-state index in [-0.39, 0.29) is 17.6 Å². The summed E-state index contributed by atoms with van der Waals surface area (Å²) in [6.45, 7) is 5.79. The lowest BCUT2D eigenvalue weighted by Gasteiger charge is -2.36. The van der Waals surface area contributed by atoms with E-state index in [1.807, 2.05) is 11.8 Å². The number of hydrogen-bond acceptors (Lipinski definition) is 7. The van der Waals surface area contributed by atoms with Gasteiger partial charge in [-0.25, -0.2) is 14.0 Å². The summed E-state index contributed by atoms with van der Waals surface area (Å²) in [5.41, 5.74) is 0.901. The fourth-order valence-electron chi connectivity index (χ4n) is 4.96. The number of hydrogen-bond donors (Lipinski definition) is 1. The quantitative estimate of drug-likeness (QED) is 0.421. The predicted octanol–water partition coefficient (Wildman–Crippen LogP) is 3.62. The first kappa shape index (κ1) is 26.7. The number of anilines is 1. The van der Waals surface area contributed by atoms with Gasteiger partial charge in [0.2, 0.25) is 5.43 Å². The van der Waals surface area contributed by atoms with Crippen molar-refractivity contribution in [2.24, 2.45) is 0 Å². The van der Waals surface area contributed by atoms with Crippen molar-refractivity contribution in [2.45, 2.75) is 13.5 Å². The SMILES string of the molecule is CCn1cc(C(=O)O)c(=O)c2cc(F)c(N3CCN(CCOC4=C(c5ccc(Cl)cc5)C(=O)OC4)CC3)cc21. The lowest BCUT2D eigenvalue weighted by molar-refractivity contribution is -0.134. The molecule has 1 aromatic heterocycles. The minimum Gasteiger partial charge on any atom is -0.492 e. The van der Waals surface area contributed by atoms with Crippen LogP contribution in [0.3, 0.4) is 0 Å². The predicted molar refractivity (Wildman–Crippen MR) is 145 cm³/mol. The molecule has 0 spiro atoms. The molecule has 9 nitrogen and oxygen atoms in total. The first-order valence-corrected chi connectivity index (χ1v) is 13.0. The Morgan fingerprint density at radius 3 is 2.51 bits per heavy atom. The molecule has 5 rings (SSSR count). The minimum absolute atomic E-state index is 0.0513. The van der Waals surface area contributed by atoms with Gasteiger partial charge in [-0.3, -0.25) is 9.69 Å². The summed E-state index contributed by atoms with van der Waals surface area (Å²) in [6, 6.07) is 9.69. The molecule has 1 saturated heterocycles. The number of aryl methyl sites for hydroxylation is 1. The van der Waals surface area contributed by atoms with Gasteiger partial charge in [-0.2, -0.15) is 0 Å². The van der Waals surface area contributed by atoms with Crippen LogP contribution in [-0.4, -0.2) is 72.4 Å². The van der Waals surface area contributed by atoms with Gasteiger partial charge >= 0.3 is 11.9 Å². The third kappa shape index (κ3) is 5.35. The van der Waals surface area contributed by atoms with Gasteiger partial charge < -0.3 is 24.0 Å². The molecule has 0 aliphatic carbocycles. The molecule has 1 N–H and O–H groups in total. The van der Waals surface area contributed by atoms with E-state index >= 15 is 4.39 Å². The maximum Gasteiger partial charge on any atom is 0.342 e. The number of carbonyl (C=O) groups excluding carboxylic acids is 1. The highest BCUT2D eigenvalue weighted by Crippen LogP contribution is 2.29. The van der Waals surface area contributed by atoms with Crippen LogP contribution in [-0.2, 0) is 20.8 Å². The lowest BCUT2D eigenvalue weighted by atomic mass is 10.1. The monoisotopic (exact) mass is 555 g/mol. The van der Waals surface area contributed by atoms with Crippen molar-refractivity contribution in [3.63, 3.8) is 0 Å². The van der Waals surface area contributed by atoms with E-state index in [2.05, 4.69) is 4.90 Å². The number of carboxylic acids is 1. The largest absolute Gasteiger partial charge is 0.492 e. The molecule has 0 bridgehead atoms. The van der Waals surface area contributed by atoms with Gasteiger partial charge in [0.1, 0.15) is 35.9 Å². The molecule has 0 amide bonds. The summed E-state index contributed by atoms with van der Waals surface area (Å²) in [4.78, 5) is 40.4. The summed E-state index contributed by atoms with van der Waals surface area (Å²) >= 11 is 5.95. The smallest absolute Gasteiger partial charge is 0.342 e. The zero-order valence-corrected chi connectivity index (χ0v) is 22.0. The van der Waals surface area contributed by atoms with Crippen LogP contribution >= 0.6 is 11.6 Å². The van der Waals surface area contributed by atoms with Crippen LogP contribution in [0.5, 0.6) is 0 Å². The number of esters is 1. The van der Waals surface area contributed by atoms with Crippen LogP contribution in [0.2, 0.25) is 5.02 Å². The van der Waals surface area contributed by atoms with Gasteiger partial charge in [0, 0.05) is 55.9 Å². The second-order valence-corrected chi connectivity index (χ2v) is 9.78. The van der Waals surface area contributed by atoms with E-state index in [1.165, 1.54) is 6.20 Å². The van der Waals surface area contributed by atoms with Crippen molar-refractivity contribution >= 4 is 45.7 Å². The van der Waals surface area contributed by atoms with Crippen molar-refractivity contribution in [1.29, 1.82) is 0 Å². The third-order valence-corrected chi connectivity index (χ3v) is 7.32. The number of piperazine rings is 1. The number of ether oxygens (including phenoxy) is 2. The van der Waals surface area contributed by atoms with Gasteiger partial charge in [-0.05, 0) is 36.8 Å². The number of aromatic carboxylic acids is 1. The molecule has 0 radical (unpaired) electrons. The summed E-state index contributed by atoms with van der Waals surface area (Å²) in [5, 5.41) is 9.97. The lowest BCUT2D eigenvalue weighted by Crippen LogP contribution is -2.47. The Balaban J connectivity index is 1.24. The van der Waals surface area contributed by atoms with E-state index in [4.69, 9.17) is 21.1 Å². The highest BCUT2D eigenvalue weighted by Gasteiger charge is 2.28. The molecule has 2 aliphatic rings. The topological polar surface area (TPSA) is 101 Å². The number of carbonyl (C=O) groups is 2. The summed E-state index contributed by atoms with van der Waals surface area (Å²) in [6.07, 6.45) is 1.31. The highest BCUT2D eigenvalue weighted by atomic mass is 35.5. The van der Waals surface area contributed by atoms with Gasteiger partial charge in [-0.15, -0.1) is 0 Å². The number of nitrogens with zero attached hydrogens (tertiary/aromatic N) is 3. The molecule has 11 heteroatoms. The molecular weight excluding hydrogens is 529 g/mol. The van der Waals surface area contributed by atoms with Crippen molar-refractivity contribution in [2.75, 3.05) is 50.8 Å². The zero-order chi connectivity index (χ0) is 27.7. The fraction of sp³-hybridized carbons (Fsp3) is 0.321. The van der Waals surface area contributed by atoms with Crippen LogP contribution < -0.4 is 10.3 Å².